The van der Waals surface area contributed by atoms with E-state index < -0.39 is 11.0 Å². The number of nitrogen functional groups attached to an aromatic ring is 1. The number of ether oxygens (including phenoxy) is 1. The van der Waals surface area contributed by atoms with E-state index in [0.717, 1.165) is 35.1 Å². The zero-order valence-corrected chi connectivity index (χ0v) is 19.4. The first-order valence-corrected chi connectivity index (χ1v) is 11.3. The average Bonchev–Trinajstić information content (AvgIpc) is 3.22. The summed E-state index contributed by atoms with van der Waals surface area (Å²) >= 11 is 0. The van der Waals surface area contributed by atoms with Crippen molar-refractivity contribution >= 4 is 45.2 Å². The van der Waals surface area contributed by atoms with Gasteiger partial charge < -0.3 is 25.7 Å². The van der Waals surface area contributed by atoms with Crippen molar-refractivity contribution in [1.82, 2.24) is 19.9 Å². The minimum Gasteiger partial charge on any atom is -0.384 e. The summed E-state index contributed by atoms with van der Waals surface area (Å²) in [4.78, 5) is 31.8. The SMILES string of the molecule is COCCc1nc2c(N)nc3ccccc3c2n1CCCCNC(=O)Nc1cccc([N+](=O)[O-])c1.[HH].[HH]. The second-order valence-corrected chi connectivity index (χ2v) is 8.03. The highest BCUT2D eigenvalue weighted by atomic mass is 16.6. The number of methoxy groups -OCH3 is 1. The Labute approximate surface area is 204 Å². The number of pyridine rings is 1. The van der Waals surface area contributed by atoms with Crippen LogP contribution in [0.3, 0.4) is 0 Å². The summed E-state index contributed by atoms with van der Waals surface area (Å²) in [5.41, 5.74) is 8.96. The number of imidazole rings is 1. The maximum Gasteiger partial charge on any atom is 0.319 e. The van der Waals surface area contributed by atoms with Gasteiger partial charge in [0.25, 0.3) is 5.69 Å². The summed E-state index contributed by atoms with van der Waals surface area (Å²) in [5, 5.41) is 17.3. The van der Waals surface area contributed by atoms with Crippen molar-refractivity contribution < 1.29 is 17.3 Å². The maximum atomic E-state index is 12.2. The van der Waals surface area contributed by atoms with E-state index in [2.05, 4.69) is 20.2 Å². The number of nitrogens with zero attached hydrogens (tertiary/aromatic N) is 4. The van der Waals surface area contributed by atoms with Gasteiger partial charge >= 0.3 is 6.03 Å². The molecule has 2 aromatic carbocycles. The topological polar surface area (TPSA) is 150 Å². The van der Waals surface area contributed by atoms with Crippen LogP contribution in [0.25, 0.3) is 21.9 Å². The Kier molecular flexibility index (Phi) is 7.36. The van der Waals surface area contributed by atoms with E-state index in [1.165, 1.54) is 18.2 Å². The van der Waals surface area contributed by atoms with Crippen LogP contribution in [0.2, 0.25) is 0 Å². The number of carbonyl (C=O) groups is 1. The van der Waals surface area contributed by atoms with Gasteiger partial charge in [0.15, 0.2) is 5.82 Å². The molecule has 4 N–H and O–H groups in total. The van der Waals surface area contributed by atoms with E-state index in [4.69, 9.17) is 15.5 Å². The zero-order chi connectivity index (χ0) is 24.8. The minimum atomic E-state index is -0.503. The summed E-state index contributed by atoms with van der Waals surface area (Å²) in [7, 11) is 1.66. The molecule has 186 valence electrons. The maximum absolute atomic E-state index is 12.2. The van der Waals surface area contributed by atoms with Crippen molar-refractivity contribution in [3.63, 3.8) is 0 Å². The number of nitrogens with one attached hydrogen (secondary N) is 2. The predicted molar refractivity (Wildman–Crippen MR) is 139 cm³/mol. The number of unbranched alkanes of at least 4 members (excludes halogenated alkanes) is 1. The summed E-state index contributed by atoms with van der Waals surface area (Å²) in [6.07, 6.45) is 2.16. The van der Waals surface area contributed by atoms with Crippen LogP contribution in [0.15, 0.2) is 48.5 Å². The molecule has 11 nitrogen and oxygen atoms in total. The molecular formula is C24H31N7O4. The van der Waals surface area contributed by atoms with Gasteiger partial charge in [0.2, 0.25) is 0 Å². The Bertz CT molecular complexity index is 1380. The van der Waals surface area contributed by atoms with Crippen molar-refractivity contribution in [1.29, 1.82) is 0 Å². The van der Waals surface area contributed by atoms with Crippen LogP contribution in [0, 0.1) is 10.1 Å². The van der Waals surface area contributed by atoms with Gasteiger partial charge in [0.1, 0.15) is 11.3 Å². The molecule has 0 aliphatic rings. The van der Waals surface area contributed by atoms with Crippen molar-refractivity contribution in [2.45, 2.75) is 25.8 Å². The largest absolute Gasteiger partial charge is 0.384 e. The summed E-state index contributed by atoms with van der Waals surface area (Å²) in [6.45, 7) is 1.68. The number of nitro groups is 1. The van der Waals surface area contributed by atoms with Crippen LogP contribution in [-0.2, 0) is 17.7 Å². The van der Waals surface area contributed by atoms with E-state index in [1.807, 2.05) is 24.3 Å². The number of aryl methyl sites for hydroxylation is 1. The lowest BCUT2D eigenvalue weighted by atomic mass is 10.2. The van der Waals surface area contributed by atoms with Gasteiger partial charge in [-0.25, -0.2) is 14.8 Å². The fourth-order valence-electron chi connectivity index (χ4n) is 4.00. The number of hydrogen-bond acceptors (Lipinski definition) is 7. The van der Waals surface area contributed by atoms with Crippen LogP contribution in [0.1, 0.15) is 21.5 Å². The number of amides is 2. The third-order valence-corrected chi connectivity index (χ3v) is 5.63. The van der Waals surface area contributed by atoms with E-state index >= 15 is 0 Å². The lowest BCUT2D eigenvalue weighted by Crippen LogP contribution is -2.29. The standard InChI is InChI=1S/C24H27N7O4.2H2/c1-35-14-11-20-29-21-22(18-9-2-3-10-19(18)28-23(21)25)30(20)13-5-4-12-26-24(32)27-16-7-6-8-17(15-16)31(33)34;;/h2-3,6-10,15H,4-5,11-14H2,1H3,(H2,25,28)(H2,26,27,32);2*1H. The number of hydrogen-bond donors (Lipinski definition) is 3. The molecule has 0 radical (unpaired) electrons. The lowest BCUT2D eigenvalue weighted by molar-refractivity contribution is -0.384. The van der Waals surface area contributed by atoms with Gasteiger partial charge in [0.05, 0.1) is 22.6 Å². The zero-order valence-electron chi connectivity index (χ0n) is 19.4. The average molecular weight is 482 g/mol. The predicted octanol–water partition coefficient (Wildman–Crippen LogP) is 4.36. The van der Waals surface area contributed by atoms with Gasteiger partial charge in [-0.2, -0.15) is 0 Å². The van der Waals surface area contributed by atoms with Crippen molar-refractivity contribution in [2.75, 3.05) is 31.3 Å². The molecule has 2 amide bonds. The first-order chi connectivity index (χ1) is 17.0. The van der Waals surface area contributed by atoms with Gasteiger partial charge in [-0.3, -0.25) is 10.1 Å². The van der Waals surface area contributed by atoms with Gasteiger partial charge in [0, 0.05) is 52.7 Å². The molecule has 0 atom stereocenters. The first kappa shape index (κ1) is 23.9. The molecule has 4 rings (SSSR count). The number of nitrogens with two attached hydrogens (primary N) is 1. The number of aromatic nitrogens is 3. The van der Waals surface area contributed by atoms with Crippen molar-refractivity contribution in [2.24, 2.45) is 0 Å². The first-order valence-electron chi connectivity index (χ1n) is 11.3. The Morgan fingerprint density at radius 1 is 1.20 bits per heavy atom. The van der Waals surface area contributed by atoms with E-state index in [0.29, 0.717) is 43.1 Å². The van der Waals surface area contributed by atoms with Crippen LogP contribution < -0.4 is 16.4 Å². The monoisotopic (exact) mass is 481 g/mol. The number of para-hydroxylation sites is 1. The highest BCUT2D eigenvalue weighted by molar-refractivity contribution is 6.06. The summed E-state index contributed by atoms with van der Waals surface area (Å²) < 4.78 is 7.43. The Balaban J connectivity index is 0.00000241. The van der Waals surface area contributed by atoms with Gasteiger partial charge in [-0.1, -0.05) is 24.3 Å². The normalized spacial score (nSPS) is 11.1. The highest BCUT2D eigenvalue weighted by Gasteiger charge is 2.17. The number of nitro benzene ring substituents is 1. The number of carbonyl (C=O) groups excluding carboxylic acids is 1. The lowest BCUT2D eigenvalue weighted by Gasteiger charge is -2.11. The molecule has 0 spiro atoms. The number of urea groups is 1. The fraction of sp³-hybridized carbons (Fsp3) is 0.292. The number of anilines is 2. The molecule has 0 saturated heterocycles. The molecule has 2 aromatic heterocycles. The molecule has 0 unspecified atom stereocenters. The van der Waals surface area contributed by atoms with Crippen LogP contribution in [0.5, 0.6) is 0 Å². The molecule has 35 heavy (non-hydrogen) atoms. The molecule has 0 fully saturated rings. The Hall–Kier alpha value is -4.25. The number of benzene rings is 2. The molecule has 0 aliphatic heterocycles. The molecule has 0 saturated carbocycles. The molecule has 4 aromatic rings. The Morgan fingerprint density at radius 2 is 2.03 bits per heavy atom. The second kappa shape index (κ2) is 10.8. The van der Waals surface area contributed by atoms with Crippen LogP contribution in [0.4, 0.5) is 22.0 Å². The van der Waals surface area contributed by atoms with E-state index in [-0.39, 0.29) is 8.54 Å². The van der Waals surface area contributed by atoms with Gasteiger partial charge in [-0.05, 0) is 25.0 Å². The molecule has 0 bridgehead atoms. The molecule has 2 heterocycles. The van der Waals surface area contributed by atoms with Crippen LogP contribution in [-0.4, -0.2) is 45.8 Å². The third kappa shape index (κ3) is 5.46. The molecule has 0 aliphatic carbocycles. The smallest absolute Gasteiger partial charge is 0.319 e. The Morgan fingerprint density at radius 3 is 2.83 bits per heavy atom. The summed E-state index contributed by atoms with van der Waals surface area (Å²) in [6, 6.07) is 13.2. The van der Waals surface area contributed by atoms with E-state index in [9.17, 15) is 14.9 Å². The fourth-order valence-corrected chi connectivity index (χ4v) is 4.00. The molecular weight excluding hydrogens is 450 g/mol. The third-order valence-electron chi connectivity index (χ3n) is 5.63. The summed E-state index contributed by atoms with van der Waals surface area (Å²) in [5.74, 6) is 1.28. The number of fused-ring (bicyclic) bond motifs is 3. The van der Waals surface area contributed by atoms with Gasteiger partial charge in [-0.15, -0.1) is 0 Å². The molecule has 11 heteroatoms. The highest BCUT2D eigenvalue weighted by Crippen LogP contribution is 2.29. The minimum absolute atomic E-state index is 0. The van der Waals surface area contributed by atoms with Crippen molar-refractivity contribution in [3.8, 4) is 0 Å². The van der Waals surface area contributed by atoms with Crippen molar-refractivity contribution in [3.05, 3.63) is 64.5 Å². The van der Waals surface area contributed by atoms with E-state index in [1.54, 1.807) is 13.2 Å². The number of non-ortho nitro benzene ring substituents is 1. The number of rotatable bonds is 10. The second-order valence-electron chi connectivity index (χ2n) is 8.03. The van der Waals surface area contributed by atoms with Crippen LogP contribution >= 0.6 is 0 Å². The quantitative estimate of drug-likeness (QED) is 0.173.